The summed E-state index contributed by atoms with van der Waals surface area (Å²) in [5.74, 6) is 1.61. The van der Waals surface area contributed by atoms with E-state index in [2.05, 4.69) is 6.92 Å². The Labute approximate surface area is 191 Å². The molecule has 0 aromatic heterocycles. The summed E-state index contributed by atoms with van der Waals surface area (Å²) in [6.45, 7) is 6.95. The fraction of sp³-hybridized carbons (Fsp3) is 0.462. The van der Waals surface area contributed by atoms with E-state index >= 15 is 0 Å². The summed E-state index contributed by atoms with van der Waals surface area (Å²) in [5, 5.41) is 0. The number of piperazine rings is 1. The Balaban J connectivity index is 1.31. The van der Waals surface area contributed by atoms with E-state index in [1.54, 1.807) is 4.90 Å². The Morgan fingerprint density at radius 3 is 2.00 bits per heavy atom. The van der Waals surface area contributed by atoms with Crippen LogP contribution in [0, 0.1) is 6.92 Å². The normalized spacial score (nSPS) is 13.7. The highest BCUT2D eigenvalue weighted by Gasteiger charge is 2.24. The molecule has 0 N–H and O–H groups in total. The number of hydrogen-bond acceptors (Lipinski definition) is 4. The number of amides is 2. The monoisotopic (exact) mass is 438 g/mol. The predicted octanol–water partition coefficient (Wildman–Crippen LogP) is 3.86. The summed E-state index contributed by atoms with van der Waals surface area (Å²) >= 11 is 0. The van der Waals surface area contributed by atoms with Crippen LogP contribution in [0.3, 0.4) is 0 Å². The Morgan fingerprint density at radius 2 is 1.38 bits per heavy atom. The molecule has 2 aromatic carbocycles. The maximum absolute atomic E-state index is 12.5. The predicted molar refractivity (Wildman–Crippen MR) is 125 cm³/mol. The molecule has 2 amide bonds. The Morgan fingerprint density at radius 1 is 0.812 bits per heavy atom. The molecule has 32 heavy (non-hydrogen) atoms. The van der Waals surface area contributed by atoms with Crippen LogP contribution in [-0.2, 0) is 16.0 Å². The topological polar surface area (TPSA) is 59.1 Å². The van der Waals surface area contributed by atoms with Gasteiger partial charge in [-0.2, -0.15) is 0 Å². The molecular formula is C26H34N2O4. The second-order valence-corrected chi connectivity index (χ2v) is 8.21. The number of benzene rings is 2. The first kappa shape index (κ1) is 23.6. The van der Waals surface area contributed by atoms with Crippen molar-refractivity contribution >= 4 is 11.8 Å². The summed E-state index contributed by atoms with van der Waals surface area (Å²) in [7, 11) is 0. The average Bonchev–Trinajstić information content (AvgIpc) is 2.82. The quantitative estimate of drug-likeness (QED) is 0.529. The third-order valence-corrected chi connectivity index (χ3v) is 5.63. The number of carbonyl (C=O) groups is 2. The molecule has 1 fully saturated rings. The van der Waals surface area contributed by atoms with Gasteiger partial charge in [-0.3, -0.25) is 9.59 Å². The van der Waals surface area contributed by atoms with Crippen LogP contribution in [0.2, 0.25) is 0 Å². The van der Waals surface area contributed by atoms with Crippen molar-refractivity contribution in [3.8, 4) is 11.5 Å². The van der Waals surface area contributed by atoms with Gasteiger partial charge in [0.05, 0.1) is 6.61 Å². The van der Waals surface area contributed by atoms with Crippen molar-refractivity contribution in [3.05, 3.63) is 59.7 Å². The molecule has 1 aliphatic rings. The lowest BCUT2D eigenvalue weighted by Gasteiger charge is -2.34. The molecule has 6 nitrogen and oxygen atoms in total. The smallest absolute Gasteiger partial charge is 0.260 e. The fourth-order valence-electron chi connectivity index (χ4n) is 3.69. The van der Waals surface area contributed by atoms with Crippen LogP contribution in [0.15, 0.2) is 48.5 Å². The van der Waals surface area contributed by atoms with Crippen molar-refractivity contribution in [1.82, 2.24) is 9.80 Å². The molecule has 0 radical (unpaired) electrons. The summed E-state index contributed by atoms with van der Waals surface area (Å²) in [6.07, 6.45) is 3.28. The first-order chi connectivity index (χ1) is 15.5. The molecule has 1 heterocycles. The van der Waals surface area contributed by atoms with E-state index < -0.39 is 0 Å². The second-order valence-electron chi connectivity index (χ2n) is 8.21. The molecule has 0 saturated carbocycles. The number of nitrogens with zero attached hydrogens (tertiary/aromatic N) is 2. The van der Waals surface area contributed by atoms with E-state index in [1.807, 2.05) is 60.4 Å². The van der Waals surface area contributed by atoms with Crippen LogP contribution in [-0.4, -0.2) is 61.0 Å². The van der Waals surface area contributed by atoms with Gasteiger partial charge in [-0.15, -0.1) is 0 Å². The third kappa shape index (κ3) is 7.29. The van der Waals surface area contributed by atoms with Crippen LogP contribution in [0.1, 0.15) is 37.3 Å². The van der Waals surface area contributed by atoms with Gasteiger partial charge in [0.15, 0.2) is 6.61 Å². The molecule has 1 saturated heterocycles. The van der Waals surface area contributed by atoms with Gasteiger partial charge in [0.1, 0.15) is 11.5 Å². The van der Waals surface area contributed by atoms with E-state index in [0.29, 0.717) is 51.4 Å². The molecule has 172 valence electrons. The third-order valence-electron chi connectivity index (χ3n) is 5.63. The van der Waals surface area contributed by atoms with Gasteiger partial charge >= 0.3 is 0 Å². The van der Waals surface area contributed by atoms with Crippen molar-refractivity contribution in [2.75, 3.05) is 39.4 Å². The van der Waals surface area contributed by atoms with Crippen molar-refractivity contribution in [1.29, 1.82) is 0 Å². The minimum absolute atomic E-state index is 0.0252. The molecule has 2 aromatic rings. The molecule has 3 rings (SSSR count). The highest BCUT2D eigenvalue weighted by molar-refractivity contribution is 5.79. The number of carbonyl (C=O) groups excluding carboxylic acids is 2. The van der Waals surface area contributed by atoms with E-state index in [1.165, 1.54) is 11.1 Å². The fourth-order valence-corrected chi connectivity index (χ4v) is 3.69. The maximum Gasteiger partial charge on any atom is 0.260 e. The van der Waals surface area contributed by atoms with Gasteiger partial charge < -0.3 is 19.3 Å². The molecule has 0 bridgehead atoms. The molecular weight excluding hydrogens is 404 g/mol. The van der Waals surface area contributed by atoms with Gasteiger partial charge in [0, 0.05) is 32.6 Å². The van der Waals surface area contributed by atoms with Crippen molar-refractivity contribution < 1.29 is 19.1 Å². The molecule has 1 aliphatic heterocycles. The van der Waals surface area contributed by atoms with Crippen LogP contribution in [0.5, 0.6) is 11.5 Å². The van der Waals surface area contributed by atoms with Crippen LogP contribution in [0.4, 0.5) is 0 Å². The molecule has 0 spiro atoms. The van der Waals surface area contributed by atoms with Crippen molar-refractivity contribution in [2.24, 2.45) is 0 Å². The SMILES string of the molecule is CCCc1ccc(OCC(=O)N2CCN(C(=O)CCCOc3ccc(C)cc3)CC2)cc1. The molecule has 0 unspecified atom stereocenters. The first-order valence-corrected chi connectivity index (χ1v) is 11.5. The molecule has 6 heteroatoms. The van der Waals surface area contributed by atoms with Crippen molar-refractivity contribution in [3.63, 3.8) is 0 Å². The Hall–Kier alpha value is -3.02. The van der Waals surface area contributed by atoms with Gasteiger partial charge in [-0.05, 0) is 49.6 Å². The zero-order valence-corrected chi connectivity index (χ0v) is 19.2. The van der Waals surface area contributed by atoms with Gasteiger partial charge in [0.25, 0.3) is 5.91 Å². The van der Waals surface area contributed by atoms with Gasteiger partial charge in [-0.1, -0.05) is 43.2 Å². The zero-order chi connectivity index (χ0) is 22.8. The van der Waals surface area contributed by atoms with E-state index in [9.17, 15) is 9.59 Å². The summed E-state index contributed by atoms with van der Waals surface area (Å²) in [4.78, 5) is 28.5. The first-order valence-electron chi connectivity index (χ1n) is 11.5. The Bertz CT molecular complexity index is 856. The summed E-state index contributed by atoms with van der Waals surface area (Å²) in [6, 6.07) is 15.8. The summed E-state index contributed by atoms with van der Waals surface area (Å²) < 4.78 is 11.3. The van der Waals surface area contributed by atoms with E-state index in [4.69, 9.17) is 9.47 Å². The highest BCUT2D eigenvalue weighted by atomic mass is 16.5. The molecule has 0 aliphatic carbocycles. The largest absolute Gasteiger partial charge is 0.494 e. The minimum Gasteiger partial charge on any atom is -0.494 e. The van der Waals surface area contributed by atoms with E-state index in [-0.39, 0.29) is 18.4 Å². The number of rotatable bonds is 10. The van der Waals surface area contributed by atoms with Gasteiger partial charge in [-0.25, -0.2) is 0 Å². The lowest BCUT2D eigenvalue weighted by atomic mass is 10.1. The van der Waals surface area contributed by atoms with Crippen LogP contribution < -0.4 is 9.47 Å². The maximum atomic E-state index is 12.5. The van der Waals surface area contributed by atoms with Gasteiger partial charge in [0.2, 0.25) is 5.91 Å². The Kier molecular flexibility index (Phi) is 8.96. The van der Waals surface area contributed by atoms with Crippen LogP contribution >= 0.6 is 0 Å². The number of aryl methyl sites for hydroxylation is 2. The standard InChI is InChI=1S/C26H34N2O4/c1-3-5-22-9-13-24(14-10-22)32-20-26(30)28-17-15-27(16-18-28)25(29)6-4-19-31-23-11-7-21(2)8-12-23/h7-14H,3-6,15-20H2,1-2H3. The zero-order valence-electron chi connectivity index (χ0n) is 19.2. The summed E-state index contributed by atoms with van der Waals surface area (Å²) in [5.41, 5.74) is 2.46. The number of ether oxygens (including phenoxy) is 2. The lowest BCUT2D eigenvalue weighted by Crippen LogP contribution is -2.51. The lowest BCUT2D eigenvalue weighted by molar-refractivity contribution is -0.140. The second kappa shape index (κ2) is 12.1. The average molecular weight is 439 g/mol. The molecule has 0 atom stereocenters. The highest BCUT2D eigenvalue weighted by Crippen LogP contribution is 2.15. The van der Waals surface area contributed by atoms with Crippen LogP contribution in [0.25, 0.3) is 0 Å². The number of hydrogen-bond donors (Lipinski definition) is 0. The van der Waals surface area contributed by atoms with Crippen molar-refractivity contribution in [2.45, 2.75) is 39.5 Å². The van der Waals surface area contributed by atoms with E-state index in [0.717, 1.165) is 18.6 Å². The minimum atomic E-state index is -0.0405.